The molecule has 0 bridgehead atoms. The number of carbonyl (C=O) groups is 1. The van der Waals surface area contributed by atoms with Crippen molar-refractivity contribution in [1.29, 1.82) is 0 Å². The Bertz CT molecular complexity index is 486. The highest BCUT2D eigenvalue weighted by molar-refractivity contribution is 5.94. The number of rotatable bonds is 4. The van der Waals surface area contributed by atoms with Gasteiger partial charge >= 0.3 is 0 Å². The summed E-state index contributed by atoms with van der Waals surface area (Å²) in [7, 11) is 1.80. The van der Waals surface area contributed by atoms with E-state index in [1.807, 2.05) is 17.0 Å². The van der Waals surface area contributed by atoms with Gasteiger partial charge in [-0.2, -0.15) is 0 Å². The van der Waals surface area contributed by atoms with Gasteiger partial charge in [0.05, 0.1) is 6.10 Å². The first-order chi connectivity index (χ1) is 10.8. The molecule has 1 aromatic rings. The van der Waals surface area contributed by atoms with Crippen LogP contribution in [0.2, 0.25) is 0 Å². The molecule has 22 heavy (non-hydrogen) atoms. The number of amides is 1. The molecular weight excluding hydrogens is 276 g/mol. The third kappa shape index (κ3) is 3.68. The Hall–Kier alpha value is -1.39. The molecule has 4 heteroatoms. The van der Waals surface area contributed by atoms with Gasteiger partial charge < -0.3 is 9.64 Å². The lowest BCUT2D eigenvalue weighted by molar-refractivity contribution is 0.0388. The van der Waals surface area contributed by atoms with Gasteiger partial charge in [0, 0.05) is 45.4 Å². The quantitative estimate of drug-likeness (QED) is 0.857. The van der Waals surface area contributed by atoms with Gasteiger partial charge in [-0.1, -0.05) is 12.1 Å². The molecule has 2 fully saturated rings. The largest absolute Gasteiger partial charge is 0.381 e. The Kier molecular flexibility index (Phi) is 5.11. The molecule has 2 aliphatic rings. The van der Waals surface area contributed by atoms with Gasteiger partial charge in [0.25, 0.3) is 5.91 Å². The number of hydrogen-bond donors (Lipinski definition) is 0. The maximum atomic E-state index is 12.3. The van der Waals surface area contributed by atoms with Crippen molar-refractivity contribution in [3.05, 3.63) is 35.4 Å². The van der Waals surface area contributed by atoms with E-state index in [9.17, 15) is 4.79 Å². The van der Waals surface area contributed by atoms with Gasteiger partial charge in [-0.15, -0.1) is 0 Å². The summed E-state index contributed by atoms with van der Waals surface area (Å²) in [5.41, 5.74) is 2.11. The van der Waals surface area contributed by atoms with Crippen molar-refractivity contribution in [3.8, 4) is 0 Å². The van der Waals surface area contributed by atoms with Gasteiger partial charge in [0.1, 0.15) is 0 Å². The van der Waals surface area contributed by atoms with Crippen molar-refractivity contribution in [2.45, 2.75) is 38.3 Å². The van der Waals surface area contributed by atoms with Crippen LogP contribution < -0.4 is 0 Å². The van der Waals surface area contributed by atoms with Crippen LogP contribution in [-0.4, -0.2) is 55.1 Å². The number of ether oxygens (including phenoxy) is 1. The van der Waals surface area contributed by atoms with E-state index in [1.54, 1.807) is 7.11 Å². The Labute approximate surface area is 133 Å². The van der Waals surface area contributed by atoms with Gasteiger partial charge in [0.2, 0.25) is 0 Å². The molecule has 120 valence electrons. The molecule has 4 nitrogen and oxygen atoms in total. The van der Waals surface area contributed by atoms with Crippen LogP contribution >= 0.6 is 0 Å². The predicted octanol–water partition coefficient (Wildman–Crippen LogP) is 2.53. The number of likely N-dealkylation sites (tertiary alicyclic amines) is 2. The maximum Gasteiger partial charge on any atom is 0.253 e. The standard InChI is InChI=1S/C18H26N2O2/c1-22-17-8-12-19(13-9-17)14-15-4-6-16(7-5-15)18(21)20-10-2-3-11-20/h4-7,17H,2-3,8-14H2,1H3. The fourth-order valence-electron chi connectivity index (χ4n) is 3.42. The number of methoxy groups -OCH3 is 1. The minimum Gasteiger partial charge on any atom is -0.381 e. The Morgan fingerprint density at radius 1 is 1.09 bits per heavy atom. The van der Waals surface area contributed by atoms with E-state index < -0.39 is 0 Å². The molecule has 0 spiro atoms. The number of carbonyl (C=O) groups excluding carboxylic acids is 1. The third-order valence-electron chi connectivity index (χ3n) is 4.87. The van der Waals surface area contributed by atoms with Crippen LogP contribution in [0.15, 0.2) is 24.3 Å². The van der Waals surface area contributed by atoms with Gasteiger partial charge in [-0.25, -0.2) is 0 Å². The van der Waals surface area contributed by atoms with E-state index in [1.165, 1.54) is 5.56 Å². The van der Waals surface area contributed by atoms with Crippen molar-refractivity contribution in [2.24, 2.45) is 0 Å². The molecule has 0 atom stereocenters. The second kappa shape index (κ2) is 7.25. The Balaban J connectivity index is 1.54. The van der Waals surface area contributed by atoms with Gasteiger partial charge in [-0.05, 0) is 43.4 Å². The summed E-state index contributed by atoms with van der Waals surface area (Å²) in [6.45, 7) is 4.97. The zero-order chi connectivity index (χ0) is 15.4. The lowest BCUT2D eigenvalue weighted by atomic mass is 10.1. The first-order valence-corrected chi connectivity index (χ1v) is 8.39. The minimum absolute atomic E-state index is 0.185. The number of benzene rings is 1. The molecule has 1 aromatic carbocycles. The Morgan fingerprint density at radius 3 is 2.32 bits per heavy atom. The summed E-state index contributed by atoms with van der Waals surface area (Å²) < 4.78 is 5.41. The summed E-state index contributed by atoms with van der Waals surface area (Å²) in [5.74, 6) is 0.185. The van der Waals surface area contributed by atoms with Gasteiger partial charge in [-0.3, -0.25) is 9.69 Å². The van der Waals surface area contributed by atoms with E-state index in [0.717, 1.165) is 64.0 Å². The van der Waals surface area contributed by atoms with E-state index in [2.05, 4.69) is 17.0 Å². The smallest absolute Gasteiger partial charge is 0.253 e. The molecule has 0 radical (unpaired) electrons. The van der Waals surface area contributed by atoms with Crippen molar-refractivity contribution in [3.63, 3.8) is 0 Å². The van der Waals surface area contributed by atoms with E-state index in [4.69, 9.17) is 4.74 Å². The lowest BCUT2D eigenvalue weighted by Crippen LogP contribution is -2.36. The first kappa shape index (κ1) is 15.5. The molecule has 3 rings (SSSR count). The molecule has 0 saturated carbocycles. The normalized spacial score (nSPS) is 20.5. The lowest BCUT2D eigenvalue weighted by Gasteiger charge is -2.31. The highest BCUT2D eigenvalue weighted by Gasteiger charge is 2.20. The van der Waals surface area contributed by atoms with Crippen molar-refractivity contribution in [2.75, 3.05) is 33.3 Å². The first-order valence-electron chi connectivity index (χ1n) is 8.39. The van der Waals surface area contributed by atoms with E-state index in [-0.39, 0.29) is 5.91 Å². The molecule has 0 N–H and O–H groups in total. The van der Waals surface area contributed by atoms with Crippen LogP contribution in [0.3, 0.4) is 0 Å². The SMILES string of the molecule is COC1CCN(Cc2ccc(C(=O)N3CCCC3)cc2)CC1. The molecule has 0 aliphatic carbocycles. The van der Waals surface area contributed by atoms with Crippen LogP contribution in [0.4, 0.5) is 0 Å². The van der Waals surface area contributed by atoms with Crippen LogP contribution in [0.1, 0.15) is 41.6 Å². The van der Waals surface area contributed by atoms with Crippen LogP contribution in [0.25, 0.3) is 0 Å². The summed E-state index contributed by atoms with van der Waals surface area (Å²) in [6, 6.07) is 8.17. The maximum absolute atomic E-state index is 12.3. The predicted molar refractivity (Wildman–Crippen MR) is 86.9 cm³/mol. The second-order valence-electron chi connectivity index (χ2n) is 6.41. The molecule has 2 saturated heterocycles. The average molecular weight is 302 g/mol. The fraction of sp³-hybridized carbons (Fsp3) is 0.611. The molecule has 0 aromatic heterocycles. The Morgan fingerprint density at radius 2 is 1.73 bits per heavy atom. The van der Waals surface area contributed by atoms with Crippen LogP contribution in [0, 0.1) is 0 Å². The number of hydrogen-bond acceptors (Lipinski definition) is 3. The average Bonchev–Trinajstić information content (AvgIpc) is 3.10. The zero-order valence-corrected chi connectivity index (χ0v) is 13.5. The second-order valence-corrected chi connectivity index (χ2v) is 6.41. The van der Waals surface area contributed by atoms with Crippen molar-refractivity contribution in [1.82, 2.24) is 9.80 Å². The summed E-state index contributed by atoms with van der Waals surface area (Å²) in [6.07, 6.45) is 4.93. The van der Waals surface area contributed by atoms with Crippen LogP contribution in [0.5, 0.6) is 0 Å². The minimum atomic E-state index is 0.185. The summed E-state index contributed by atoms with van der Waals surface area (Å²) in [4.78, 5) is 16.7. The van der Waals surface area contributed by atoms with Crippen molar-refractivity contribution < 1.29 is 9.53 Å². The fourth-order valence-corrected chi connectivity index (χ4v) is 3.42. The monoisotopic (exact) mass is 302 g/mol. The molecule has 2 aliphatic heterocycles. The zero-order valence-electron chi connectivity index (χ0n) is 13.5. The van der Waals surface area contributed by atoms with E-state index >= 15 is 0 Å². The summed E-state index contributed by atoms with van der Waals surface area (Å²) >= 11 is 0. The topological polar surface area (TPSA) is 32.8 Å². The molecule has 0 unspecified atom stereocenters. The third-order valence-corrected chi connectivity index (χ3v) is 4.87. The van der Waals surface area contributed by atoms with Gasteiger partial charge in [0.15, 0.2) is 0 Å². The highest BCUT2D eigenvalue weighted by atomic mass is 16.5. The van der Waals surface area contributed by atoms with E-state index in [0.29, 0.717) is 6.10 Å². The molecule has 2 heterocycles. The van der Waals surface area contributed by atoms with Crippen LogP contribution in [-0.2, 0) is 11.3 Å². The highest BCUT2D eigenvalue weighted by Crippen LogP contribution is 2.17. The number of piperidine rings is 1. The molecule has 1 amide bonds. The summed E-state index contributed by atoms with van der Waals surface area (Å²) in [5, 5.41) is 0. The van der Waals surface area contributed by atoms with Crippen molar-refractivity contribution >= 4 is 5.91 Å². The molecular formula is C18H26N2O2. The number of nitrogens with zero attached hydrogens (tertiary/aromatic N) is 2.